The van der Waals surface area contributed by atoms with Crippen LogP contribution in [0.5, 0.6) is 0 Å². The predicted octanol–water partition coefficient (Wildman–Crippen LogP) is 8.57. The van der Waals surface area contributed by atoms with E-state index in [1.807, 2.05) is 97.1 Å². The minimum atomic E-state index is 0.565. The van der Waals surface area contributed by atoms with Crippen molar-refractivity contribution >= 4 is 11.4 Å². The molecule has 0 bridgehead atoms. The topological polar surface area (TPSA) is 43.8 Å². The molecule has 202 valence electrons. The first-order valence-corrected chi connectivity index (χ1v) is 14.0. The normalized spacial score (nSPS) is 12.5. The molecule has 0 spiro atoms. The summed E-state index contributed by atoms with van der Waals surface area (Å²) >= 11 is 0.863. The molecule has 1 aliphatic rings. The molecule has 1 heterocycles. The quantitative estimate of drug-likeness (QED) is 0.111. The summed E-state index contributed by atoms with van der Waals surface area (Å²) in [4.78, 5) is 0. The SMILES string of the molecule is CCc1cccc(C2=CC=C(c3cccc(CC)c3)[N+]2=[N-])c1.c1ccc(C[O][Ni][O]Cc2ccccc2)cc1. The maximum absolute atomic E-state index is 10.6. The van der Waals surface area contributed by atoms with Crippen molar-refractivity contribution in [3.8, 4) is 0 Å². The van der Waals surface area contributed by atoms with Gasteiger partial charge in [0.2, 0.25) is 11.4 Å². The monoisotopic (exact) mass is 560 g/mol. The molecule has 5 rings (SSSR count). The Morgan fingerprint density at radius 3 is 1.38 bits per heavy atom. The van der Waals surface area contributed by atoms with Gasteiger partial charge in [0.05, 0.1) is 0 Å². The van der Waals surface area contributed by atoms with Gasteiger partial charge in [0.25, 0.3) is 0 Å². The molecule has 39 heavy (non-hydrogen) atoms. The fourth-order valence-electron chi connectivity index (χ4n) is 4.08. The molecule has 1 aliphatic heterocycles. The Balaban J connectivity index is 0.000000187. The van der Waals surface area contributed by atoms with Crippen LogP contribution in [0.25, 0.3) is 16.9 Å². The van der Waals surface area contributed by atoms with Crippen LogP contribution >= 0.6 is 0 Å². The maximum atomic E-state index is 10.6. The summed E-state index contributed by atoms with van der Waals surface area (Å²) in [6, 6.07) is 36.7. The van der Waals surface area contributed by atoms with Gasteiger partial charge in [-0.3, -0.25) is 0 Å². The van der Waals surface area contributed by atoms with Gasteiger partial charge in [0.1, 0.15) is 0 Å². The average Bonchev–Trinajstić information content (AvgIpc) is 3.39. The van der Waals surface area contributed by atoms with Gasteiger partial charge < -0.3 is 5.53 Å². The van der Waals surface area contributed by atoms with Gasteiger partial charge in [-0.15, -0.1) is 0 Å². The molecule has 0 saturated carbocycles. The molecule has 0 atom stereocenters. The molecule has 0 fully saturated rings. The van der Waals surface area contributed by atoms with Crippen molar-refractivity contribution in [2.45, 2.75) is 39.9 Å². The Bertz CT molecular complexity index is 1310. The van der Waals surface area contributed by atoms with E-state index in [4.69, 9.17) is 7.76 Å². The number of allylic oxidation sites excluding steroid dienone is 2. The van der Waals surface area contributed by atoms with Crippen LogP contribution in [0.3, 0.4) is 0 Å². The van der Waals surface area contributed by atoms with Crippen molar-refractivity contribution in [1.29, 1.82) is 0 Å². The van der Waals surface area contributed by atoms with Crippen LogP contribution in [0, 0.1) is 0 Å². The molecule has 0 aliphatic carbocycles. The summed E-state index contributed by atoms with van der Waals surface area (Å²) in [5, 5.41) is 0. The summed E-state index contributed by atoms with van der Waals surface area (Å²) in [6.45, 7) is 5.41. The van der Waals surface area contributed by atoms with Crippen LogP contribution in [-0.4, -0.2) is 4.70 Å². The fraction of sp³-hybridized carbons (Fsp3) is 0.176. The minimum absolute atomic E-state index is 0.565. The molecule has 0 saturated heterocycles. The van der Waals surface area contributed by atoms with E-state index < -0.39 is 0 Å². The van der Waals surface area contributed by atoms with E-state index in [9.17, 15) is 5.53 Å². The number of rotatable bonds is 10. The number of aryl methyl sites for hydroxylation is 2. The first-order valence-electron chi connectivity index (χ1n) is 13.2. The molecule has 0 aromatic heterocycles. The van der Waals surface area contributed by atoms with Gasteiger partial charge in [0.15, 0.2) is 0 Å². The summed E-state index contributed by atoms with van der Waals surface area (Å²) in [7, 11) is 0. The zero-order valence-corrected chi connectivity index (χ0v) is 23.4. The van der Waals surface area contributed by atoms with E-state index in [1.165, 1.54) is 15.8 Å². The molecule has 0 radical (unpaired) electrons. The molecular formula is C34H34N2NiO2. The Labute approximate surface area is 238 Å². The molecule has 5 heteroatoms. The second kappa shape index (κ2) is 15.1. The third kappa shape index (κ3) is 8.43. The molecule has 0 N–H and O–H groups in total. The van der Waals surface area contributed by atoms with Crippen LogP contribution < -0.4 is 0 Å². The van der Waals surface area contributed by atoms with E-state index in [0.29, 0.717) is 13.2 Å². The number of hydrogen-bond acceptors (Lipinski definition) is 2. The van der Waals surface area contributed by atoms with Crippen molar-refractivity contribution in [3.63, 3.8) is 0 Å². The van der Waals surface area contributed by atoms with Crippen molar-refractivity contribution in [2.75, 3.05) is 0 Å². The standard InChI is InChI=1S/C20H20N2.2C7H7O.Ni/c1-3-15-7-5-9-17(13-15)19-11-12-20(22(19)21)18-10-6-8-16(4-2)14-18;2*8-6-7-4-2-1-3-5-7;/h5-14H,3-4H2,1-2H3;2*1-5H,6H2;/q;2*-1;+2. The number of nitrogens with zero attached hydrogens (tertiary/aromatic N) is 2. The van der Waals surface area contributed by atoms with Crippen LogP contribution in [0.15, 0.2) is 121 Å². The third-order valence-electron chi connectivity index (χ3n) is 6.30. The Morgan fingerprint density at radius 2 is 0.974 bits per heavy atom. The van der Waals surface area contributed by atoms with Gasteiger partial charge >= 0.3 is 108 Å². The summed E-state index contributed by atoms with van der Waals surface area (Å²) in [5.41, 5.74) is 19.2. The van der Waals surface area contributed by atoms with Crippen molar-refractivity contribution in [3.05, 3.63) is 160 Å². The van der Waals surface area contributed by atoms with Gasteiger partial charge in [-0.25, -0.2) is 4.70 Å². The first-order chi connectivity index (χ1) is 19.2. The van der Waals surface area contributed by atoms with Crippen LogP contribution in [0.4, 0.5) is 0 Å². The number of benzene rings is 4. The first kappa shape index (κ1) is 28.4. The van der Waals surface area contributed by atoms with E-state index in [1.54, 1.807) is 0 Å². The fourth-order valence-corrected chi connectivity index (χ4v) is 4.61. The average molecular weight is 561 g/mol. The van der Waals surface area contributed by atoms with Crippen LogP contribution in [0.1, 0.15) is 47.2 Å². The van der Waals surface area contributed by atoms with Crippen LogP contribution in [0.2, 0.25) is 0 Å². The molecule has 0 unspecified atom stereocenters. The second-order valence-corrected chi connectivity index (χ2v) is 9.75. The van der Waals surface area contributed by atoms with Gasteiger partial charge in [-0.2, -0.15) is 0 Å². The molecule has 4 aromatic carbocycles. The second-order valence-electron chi connectivity index (χ2n) is 9.02. The summed E-state index contributed by atoms with van der Waals surface area (Å²) in [6.07, 6.45) is 5.93. The van der Waals surface area contributed by atoms with E-state index in [0.717, 1.165) is 61.6 Å². The van der Waals surface area contributed by atoms with Crippen molar-refractivity contribution < 1.29 is 27.5 Å². The Morgan fingerprint density at radius 1 is 0.564 bits per heavy atom. The Hall–Kier alpha value is -3.63. The van der Waals surface area contributed by atoms with Gasteiger partial charge in [0, 0.05) is 23.3 Å². The number of hydrogen-bond donors (Lipinski definition) is 0. The summed E-state index contributed by atoms with van der Waals surface area (Å²) < 4.78 is 12.0. The Kier molecular flexibility index (Phi) is 11.0. The van der Waals surface area contributed by atoms with Crippen molar-refractivity contribution in [1.82, 2.24) is 0 Å². The molecule has 4 aromatic rings. The molecule has 0 amide bonds. The zero-order valence-electron chi connectivity index (χ0n) is 22.4. The van der Waals surface area contributed by atoms with E-state index in [2.05, 4.69) is 38.1 Å². The van der Waals surface area contributed by atoms with Gasteiger partial charge in [-0.05, 0) is 48.2 Å². The predicted molar refractivity (Wildman–Crippen MR) is 154 cm³/mol. The summed E-state index contributed by atoms with van der Waals surface area (Å²) in [5.74, 6) is 0. The van der Waals surface area contributed by atoms with Crippen LogP contribution in [-0.2, 0) is 48.9 Å². The van der Waals surface area contributed by atoms with E-state index >= 15 is 0 Å². The zero-order chi connectivity index (χ0) is 27.3. The molecular weight excluding hydrogens is 527 g/mol. The molecule has 4 nitrogen and oxygen atoms in total. The van der Waals surface area contributed by atoms with Crippen molar-refractivity contribution in [2.24, 2.45) is 0 Å². The third-order valence-corrected chi connectivity index (χ3v) is 6.82. The van der Waals surface area contributed by atoms with Gasteiger partial charge in [-0.1, -0.05) is 38.1 Å². The van der Waals surface area contributed by atoms with E-state index in [-0.39, 0.29) is 0 Å².